The molecular formula is C27H36N4O6. The van der Waals surface area contributed by atoms with Crippen molar-refractivity contribution in [2.24, 2.45) is 0 Å². The van der Waals surface area contributed by atoms with Gasteiger partial charge in [0.1, 0.15) is 29.8 Å². The summed E-state index contributed by atoms with van der Waals surface area (Å²) in [5, 5.41) is 12.4. The van der Waals surface area contributed by atoms with E-state index in [0.717, 1.165) is 5.56 Å². The quantitative estimate of drug-likeness (QED) is 0.433. The summed E-state index contributed by atoms with van der Waals surface area (Å²) in [7, 11) is 0. The molecule has 37 heavy (non-hydrogen) atoms. The second-order valence-electron chi connectivity index (χ2n) is 10.1. The van der Waals surface area contributed by atoms with Gasteiger partial charge in [0.05, 0.1) is 18.2 Å². The average Bonchev–Trinajstić information content (AvgIpc) is 2.82. The van der Waals surface area contributed by atoms with Crippen molar-refractivity contribution < 1.29 is 29.0 Å². The van der Waals surface area contributed by atoms with Crippen LogP contribution >= 0.6 is 0 Å². The minimum Gasteiger partial charge on any atom is -0.508 e. The number of hydrogen-bond donors (Lipinski definition) is 3. The summed E-state index contributed by atoms with van der Waals surface area (Å²) in [6.45, 7) is 6.15. The zero-order chi connectivity index (χ0) is 27.0. The second-order valence-corrected chi connectivity index (χ2v) is 10.1. The van der Waals surface area contributed by atoms with Crippen LogP contribution < -0.4 is 11.1 Å². The molecule has 0 radical (unpaired) electrons. The second kappa shape index (κ2) is 12.5. The molecule has 0 spiro atoms. The molecule has 1 aliphatic heterocycles. The van der Waals surface area contributed by atoms with Gasteiger partial charge in [-0.3, -0.25) is 9.59 Å². The van der Waals surface area contributed by atoms with Gasteiger partial charge in [-0.15, -0.1) is 0 Å². The molecule has 1 saturated heterocycles. The maximum absolute atomic E-state index is 13.5. The number of nitrogen functional groups attached to an aromatic ring is 1. The first kappa shape index (κ1) is 27.9. The monoisotopic (exact) mass is 512 g/mol. The molecule has 4 N–H and O–H groups in total. The lowest BCUT2D eigenvalue weighted by Gasteiger charge is -2.34. The van der Waals surface area contributed by atoms with E-state index in [-0.39, 0.29) is 43.1 Å². The van der Waals surface area contributed by atoms with Gasteiger partial charge >= 0.3 is 5.97 Å². The minimum atomic E-state index is -0.794. The van der Waals surface area contributed by atoms with Crippen LogP contribution in [0.4, 0.5) is 5.82 Å². The molecule has 0 aliphatic carbocycles. The largest absolute Gasteiger partial charge is 0.508 e. The number of carbonyl (C=O) groups excluding carboxylic acids is 3. The van der Waals surface area contributed by atoms with E-state index in [1.54, 1.807) is 68.1 Å². The predicted octanol–water partition coefficient (Wildman–Crippen LogP) is 1.99. The highest BCUT2D eigenvalue weighted by Crippen LogP contribution is 2.18. The van der Waals surface area contributed by atoms with Gasteiger partial charge in [0.2, 0.25) is 11.8 Å². The predicted molar refractivity (Wildman–Crippen MR) is 137 cm³/mol. The van der Waals surface area contributed by atoms with E-state index >= 15 is 0 Å². The number of nitrogens with zero attached hydrogens (tertiary/aromatic N) is 2. The number of phenols is 1. The van der Waals surface area contributed by atoms with Crippen molar-refractivity contribution in [3.05, 3.63) is 53.7 Å². The van der Waals surface area contributed by atoms with Gasteiger partial charge in [0.25, 0.3) is 0 Å². The molecule has 0 unspecified atom stereocenters. The third-order valence-corrected chi connectivity index (χ3v) is 5.79. The van der Waals surface area contributed by atoms with Gasteiger partial charge in [-0.25, -0.2) is 9.78 Å². The molecule has 3 rings (SSSR count). The molecule has 0 bridgehead atoms. The maximum atomic E-state index is 13.5. The van der Waals surface area contributed by atoms with Crippen LogP contribution in [0.3, 0.4) is 0 Å². The number of amides is 2. The Bertz CT molecular complexity index is 1080. The number of esters is 1. The van der Waals surface area contributed by atoms with Gasteiger partial charge in [0.15, 0.2) is 0 Å². The molecule has 1 aliphatic rings. The number of hydrogen-bond acceptors (Lipinski definition) is 8. The summed E-state index contributed by atoms with van der Waals surface area (Å²) >= 11 is 0. The summed E-state index contributed by atoms with van der Waals surface area (Å²) in [6, 6.07) is 10.8. The Balaban J connectivity index is 1.59. The molecule has 2 amide bonds. The Hall–Kier alpha value is -3.66. The van der Waals surface area contributed by atoms with E-state index in [9.17, 15) is 19.5 Å². The first-order valence-corrected chi connectivity index (χ1v) is 12.4. The van der Waals surface area contributed by atoms with Gasteiger partial charge in [0, 0.05) is 19.5 Å². The minimum absolute atomic E-state index is 0.00895. The van der Waals surface area contributed by atoms with Crippen LogP contribution in [-0.4, -0.2) is 70.2 Å². The highest BCUT2D eigenvalue weighted by Gasteiger charge is 2.30. The van der Waals surface area contributed by atoms with Crippen LogP contribution in [-0.2, 0) is 36.7 Å². The molecule has 1 fully saturated rings. The zero-order valence-electron chi connectivity index (χ0n) is 21.6. The van der Waals surface area contributed by atoms with Gasteiger partial charge < -0.3 is 30.5 Å². The van der Waals surface area contributed by atoms with Crippen molar-refractivity contribution >= 4 is 23.6 Å². The highest BCUT2D eigenvalue weighted by atomic mass is 16.6. The van der Waals surface area contributed by atoms with Crippen LogP contribution in [0.15, 0.2) is 42.5 Å². The van der Waals surface area contributed by atoms with Crippen LogP contribution in [0.25, 0.3) is 0 Å². The fraction of sp³-hybridized carbons (Fsp3) is 0.481. The van der Waals surface area contributed by atoms with E-state index < -0.39 is 17.6 Å². The summed E-state index contributed by atoms with van der Waals surface area (Å²) < 4.78 is 11.0. The Morgan fingerprint density at radius 3 is 2.43 bits per heavy atom. The van der Waals surface area contributed by atoms with Gasteiger partial charge in [-0.2, -0.15) is 0 Å². The van der Waals surface area contributed by atoms with Crippen molar-refractivity contribution in [1.82, 2.24) is 15.2 Å². The zero-order valence-corrected chi connectivity index (χ0v) is 21.6. The lowest BCUT2D eigenvalue weighted by molar-refractivity contribution is -0.163. The Labute approximate surface area is 217 Å². The molecule has 2 aromatic rings. The fourth-order valence-electron chi connectivity index (χ4n) is 4.09. The molecule has 200 valence electrons. The number of likely N-dealkylation sites (tertiary alicyclic amines) is 1. The molecule has 0 saturated carbocycles. The average molecular weight is 513 g/mol. The molecular weight excluding hydrogens is 476 g/mol. The molecule has 10 heteroatoms. The molecule has 1 aromatic heterocycles. The Morgan fingerprint density at radius 1 is 1.14 bits per heavy atom. The number of piperidine rings is 1. The van der Waals surface area contributed by atoms with Crippen molar-refractivity contribution in [3.63, 3.8) is 0 Å². The topological polar surface area (TPSA) is 144 Å². The number of aromatic nitrogens is 1. The highest BCUT2D eigenvalue weighted by molar-refractivity contribution is 5.88. The summed E-state index contributed by atoms with van der Waals surface area (Å²) in [6.07, 6.45) is 1.25. The van der Waals surface area contributed by atoms with Gasteiger partial charge in [-0.05, 0) is 63.4 Å². The first-order chi connectivity index (χ1) is 17.5. The summed E-state index contributed by atoms with van der Waals surface area (Å²) in [4.78, 5) is 44.0. The summed E-state index contributed by atoms with van der Waals surface area (Å²) in [5.74, 6) is -0.522. The molecule has 2 heterocycles. The van der Waals surface area contributed by atoms with Crippen molar-refractivity contribution in [2.45, 2.75) is 64.2 Å². The van der Waals surface area contributed by atoms with Crippen LogP contribution in [0.5, 0.6) is 5.75 Å². The van der Waals surface area contributed by atoms with Crippen LogP contribution in [0, 0.1) is 0 Å². The van der Waals surface area contributed by atoms with E-state index in [4.69, 9.17) is 15.2 Å². The van der Waals surface area contributed by atoms with Crippen molar-refractivity contribution in [3.8, 4) is 5.75 Å². The van der Waals surface area contributed by atoms with E-state index in [1.807, 2.05) is 0 Å². The molecule has 1 atom stereocenters. The number of phenolic OH excluding ortho intramolecular Hbond substituents is 1. The fourth-order valence-corrected chi connectivity index (χ4v) is 4.09. The number of nitrogens with one attached hydrogen (secondary N) is 1. The maximum Gasteiger partial charge on any atom is 0.332 e. The lowest BCUT2D eigenvalue weighted by atomic mass is 10.0. The number of carbonyl (C=O) groups is 3. The van der Waals surface area contributed by atoms with E-state index in [2.05, 4.69) is 10.3 Å². The summed E-state index contributed by atoms with van der Waals surface area (Å²) in [5.41, 5.74) is 6.45. The molecule has 10 nitrogen and oxygen atoms in total. The van der Waals surface area contributed by atoms with E-state index in [0.29, 0.717) is 37.4 Å². The standard InChI is InChI=1S/C27H36N4O6/c1-27(2,3)37-25(34)17-36-21-11-13-31(14-12-21)26(35)22(15-18-7-9-20(32)10-8-18)30-24(33)16-19-5-4-6-23(28)29-19/h4-10,21-22,32H,11-17H2,1-3H3,(H2,28,29)(H,30,33)/t22-/m0/s1. The number of aromatic hydroxyl groups is 1. The third kappa shape index (κ3) is 9.38. The normalized spacial score (nSPS) is 15.2. The van der Waals surface area contributed by atoms with Gasteiger partial charge in [-0.1, -0.05) is 18.2 Å². The molecule has 1 aromatic carbocycles. The SMILES string of the molecule is CC(C)(C)OC(=O)COC1CCN(C(=O)[C@H](Cc2ccc(O)cc2)NC(=O)Cc2cccc(N)n2)CC1. The first-order valence-electron chi connectivity index (χ1n) is 12.4. The smallest absolute Gasteiger partial charge is 0.332 e. The van der Waals surface area contributed by atoms with Crippen molar-refractivity contribution in [2.75, 3.05) is 25.4 Å². The van der Waals surface area contributed by atoms with Crippen LogP contribution in [0.2, 0.25) is 0 Å². The van der Waals surface area contributed by atoms with Crippen LogP contribution in [0.1, 0.15) is 44.9 Å². The Kier molecular flexibility index (Phi) is 9.46. The Morgan fingerprint density at radius 2 is 1.81 bits per heavy atom. The number of benzene rings is 1. The van der Waals surface area contributed by atoms with Crippen molar-refractivity contribution in [1.29, 1.82) is 0 Å². The number of pyridine rings is 1. The van der Waals surface area contributed by atoms with E-state index in [1.165, 1.54) is 0 Å². The lowest BCUT2D eigenvalue weighted by Crippen LogP contribution is -2.52. The number of rotatable bonds is 9. The number of ether oxygens (including phenoxy) is 2. The number of nitrogens with two attached hydrogens (primary N) is 1. The number of anilines is 1. The third-order valence-electron chi connectivity index (χ3n) is 5.79.